The fourth-order valence-corrected chi connectivity index (χ4v) is 4.28. The van der Waals surface area contributed by atoms with Crippen LogP contribution in [0.2, 0.25) is 0 Å². The van der Waals surface area contributed by atoms with E-state index in [1.54, 1.807) is 7.11 Å². The average molecular weight is 445 g/mol. The molecule has 178 valence electrons. The Morgan fingerprint density at radius 3 is 2.44 bits per heavy atom. The maximum Gasteiger partial charge on any atom is 0.319 e. The number of carbonyl (C=O) groups is 2. The van der Waals surface area contributed by atoms with Gasteiger partial charge in [-0.25, -0.2) is 4.79 Å². The number of hydrogen-bond donors (Lipinski definition) is 3. The van der Waals surface area contributed by atoms with Crippen molar-refractivity contribution in [2.45, 2.75) is 33.6 Å². The summed E-state index contributed by atoms with van der Waals surface area (Å²) in [7, 11) is 5.61. The van der Waals surface area contributed by atoms with E-state index in [1.165, 1.54) is 5.57 Å². The lowest BCUT2D eigenvalue weighted by Gasteiger charge is -2.37. The van der Waals surface area contributed by atoms with Gasteiger partial charge in [0.2, 0.25) is 5.91 Å². The summed E-state index contributed by atoms with van der Waals surface area (Å²) in [5, 5.41) is 8.91. The molecule has 0 aliphatic heterocycles. The zero-order valence-electron chi connectivity index (χ0n) is 20.4. The Kier molecular flexibility index (Phi) is 10.0. The largest absolute Gasteiger partial charge is 0.497 e. The first-order chi connectivity index (χ1) is 15.2. The molecule has 7 nitrogen and oxygen atoms in total. The third-order valence-corrected chi connectivity index (χ3v) is 6.24. The van der Waals surface area contributed by atoms with Crippen LogP contribution in [0.15, 0.2) is 35.9 Å². The van der Waals surface area contributed by atoms with Crippen LogP contribution in [0.1, 0.15) is 33.6 Å². The fourth-order valence-electron chi connectivity index (χ4n) is 4.28. The minimum Gasteiger partial charge on any atom is -0.497 e. The molecule has 0 spiro atoms. The molecular formula is C25H40N4O3. The number of benzene rings is 1. The number of hydrogen-bond acceptors (Lipinski definition) is 4. The Labute approximate surface area is 193 Å². The van der Waals surface area contributed by atoms with Crippen LogP contribution in [-0.2, 0) is 4.79 Å². The lowest BCUT2D eigenvalue weighted by atomic mass is 9.70. The fraction of sp³-hybridized carbons (Fsp3) is 0.600. The van der Waals surface area contributed by atoms with Crippen LogP contribution in [0, 0.1) is 23.7 Å². The van der Waals surface area contributed by atoms with Gasteiger partial charge >= 0.3 is 6.03 Å². The van der Waals surface area contributed by atoms with Crippen LogP contribution >= 0.6 is 0 Å². The van der Waals surface area contributed by atoms with E-state index in [0.717, 1.165) is 24.4 Å². The van der Waals surface area contributed by atoms with Crippen LogP contribution in [0.25, 0.3) is 0 Å². The lowest BCUT2D eigenvalue weighted by molar-refractivity contribution is -0.122. The highest BCUT2D eigenvalue weighted by Crippen LogP contribution is 2.38. The number of amides is 3. The molecular weight excluding hydrogens is 404 g/mol. The molecule has 1 aliphatic rings. The summed E-state index contributed by atoms with van der Waals surface area (Å²) in [5.41, 5.74) is 1.96. The number of rotatable bonds is 10. The third-order valence-electron chi connectivity index (χ3n) is 6.24. The van der Waals surface area contributed by atoms with Crippen molar-refractivity contribution < 1.29 is 14.3 Å². The van der Waals surface area contributed by atoms with Crippen molar-refractivity contribution >= 4 is 17.6 Å². The standard InChI is InChI=1S/C25H40N4O3/c1-17(2)23-14-19(15-24(30)26-11-12-29(4)5)18(3)13-20(23)16-27-25(31)28-21-7-9-22(32-6)10-8-21/h7-10,13,17,19-20,23H,11-12,14-16H2,1-6H3,(H,26,30)(H2,27,28,31). The van der Waals surface area contributed by atoms with Crippen LogP contribution < -0.4 is 20.7 Å². The molecule has 3 N–H and O–H groups in total. The second kappa shape index (κ2) is 12.5. The molecule has 3 unspecified atom stereocenters. The molecule has 3 atom stereocenters. The van der Waals surface area contributed by atoms with Gasteiger partial charge in [0.25, 0.3) is 0 Å². The quantitative estimate of drug-likeness (QED) is 0.480. The second-order valence-electron chi connectivity index (χ2n) is 9.34. The number of allylic oxidation sites excluding steroid dienone is 1. The predicted molar refractivity (Wildman–Crippen MR) is 130 cm³/mol. The van der Waals surface area contributed by atoms with Gasteiger partial charge in [0, 0.05) is 31.7 Å². The van der Waals surface area contributed by atoms with Crippen LogP contribution in [0.5, 0.6) is 5.75 Å². The molecule has 2 rings (SSSR count). The Hall–Kier alpha value is -2.54. The van der Waals surface area contributed by atoms with Crippen molar-refractivity contribution in [3.8, 4) is 5.75 Å². The van der Waals surface area contributed by atoms with Crippen molar-refractivity contribution in [3.05, 3.63) is 35.9 Å². The van der Waals surface area contributed by atoms with Gasteiger partial charge in [0.05, 0.1) is 7.11 Å². The Bertz CT molecular complexity index is 774. The summed E-state index contributed by atoms with van der Waals surface area (Å²) >= 11 is 0. The molecule has 1 aliphatic carbocycles. The minimum atomic E-state index is -0.217. The first kappa shape index (κ1) is 25.7. The number of ether oxygens (including phenoxy) is 1. The molecule has 0 fully saturated rings. The van der Waals surface area contributed by atoms with E-state index in [2.05, 4.69) is 47.7 Å². The highest BCUT2D eigenvalue weighted by molar-refractivity contribution is 5.89. The van der Waals surface area contributed by atoms with E-state index in [4.69, 9.17) is 4.74 Å². The smallest absolute Gasteiger partial charge is 0.319 e. The van der Waals surface area contributed by atoms with Gasteiger partial charge in [0.1, 0.15) is 5.75 Å². The summed E-state index contributed by atoms with van der Waals surface area (Å²) in [6.45, 7) is 8.63. The minimum absolute atomic E-state index is 0.113. The highest BCUT2D eigenvalue weighted by Gasteiger charge is 2.32. The predicted octanol–water partition coefficient (Wildman–Crippen LogP) is 3.74. The summed E-state index contributed by atoms with van der Waals surface area (Å²) in [5.74, 6) is 2.26. The van der Waals surface area contributed by atoms with E-state index >= 15 is 0 Å². The van der Waals surface area contributed by atoms with Crippen LogP contribution in [0.3, 0.4) is 0 Å². The monoisotopic (exact) mass is 444 g/mol. The number of carbonyl (C=O) groups excluding carboxylic acids is 2. The number of likely N-dealkylation sites (N-methyl/N-ethyl adjacent to an activating group) is 1. The molecule has 0 aromatic heterocycles. The maximum atomic E-state index is 12.4. The first-order valence-electron chi connectivity index (χ1n) is 11.5. The molecule has 3 amide bonds. The van der Waals surface area contributed by atoms with Gasteiger partial charge in [0.15, 0.2) is 0 Å². The number of anilines is 1. The molecule has 32 heavy (non-hydrogen) atoms. The Balaban J connectivity index is 1.91. The normalized spacial score (nSPS) is 20.6. The second-order valence-corrected chi connectivity index (χ2v) is 9.34. The van der Waals surface area contributed by atoms with E-state index in [1.807, 2.05) is 38.4 Å². The van der Waals surface area contributed by atoms with E-state index < -0.39 is 0 Å². The molecule has 1 aromatic carbocycles. The van der Waals surface area contributed by atoms with Gasteiger partial charge in [-0.2, -0.15) is 0 Å². The Morgan fingerprint density at radius 2 is 1.84 bits per heavy atom. The van der Waals surface area contributed by atoms with Crippen LogP contribution in [0.4, 0.5) is 10.5 Å². The average Bonchev–Trinajstić information content (AvgIpc) is 2.73. The molecule has 0 heterocycles. The van der Waals surface area contributed by atoms with Crippen molar-refractivity contribution in [1.82, 2.24) is 15.5 Å². The van der Waals surface area contributed by atoms with Gasteiger partial charge in [-0.1, -0.05) is 25.5 Å². The van der Waals surface area contributed by atoms with Crippen molar-refractivity contribution in [2.75, 3.05) is 46.2 Å². The maximum absolute atomic E-state index is 12.4. The van der Waals surface area contributed by atoms with E-state index in [0.29, 0.717) is 31.3 Å². The summed E-state index contributed by atoms with van der Waals surface area (Å²) in [4.78, 5) is 26.8. The van der Waals surface area contributed by atoms with E-state index in [9.17, 15) is 9.59 Å². The SMILES string of the molecule is COc1ccc(NC(=O)NCC2C=C(C)C(CC(=O)NCCN(C)C)CC2C(C)C)cc1. The van der Waals surface area contributed by atoms with E-state index in [-0.39, 0.29) is 23.8 Å². The molecule has 0 bridgehead atoms. The lowest BCUT2D eigenvalue weighted by Crippen LogP contribution is -2.39. The number of nitrogens with one attached hydrogen (secondary N) is 3. The molecule has 0 radical (unpaired) electrons. The zero-order valence-corrected chi connectivity index (χ0v) is 20.4. The topological polar surface area (TPSA) is 82.7 Å². The molecule has 7 heteroatoms. The summed E-state index contributed by atoms with van der Waals surface area (Å²) in [6.07, 6.45) is 3.75. The van der Waals surface area contributed by atoms with Crippen molar-refractivity contribution in [1.29, 1.82) is 0 Å². The van der Waals surface area contributed by atoms with Gasteiger partial charge < -0.3 is 25.6 Å². The highest BCUT2D eigenvalue weighted by atomic mass is 16.5. The van der Waals surface area contributed by atoms with Crippen molar-refractivity contribution in [3.63, 3.8) is 0 Å². The third kappa shape index (κ3) is 8.19. The molecule has 0 saturated carbocycles. The zero-order chi connectivity index (χ0) is 23.7. The number of methoxy groups -OCH3 is 1. The number of urea groups is 1. The Morgan fingerprint density at radius 1 is 1.16 bits per heavy atom. The summed E-state index contributed by atoms with van der Waals surface area (Å²) < 4.78 is 5.14. The first-order valence-corrected chi connectivity index (χ1v) is 11.5. The van der Waals surface area contributed by atoms with Gasteiger partial charge in [-0.05, 0) is 75.4 Å². The summed E-state index contributed by atoms with van der Waals surface area (Å²) in [6, 6.07) is 7.04. The van der Waals surface area contributed by atoms with Crippen molar-refractivity contribution in [2.24, 2.45) is 23.7 Å². The van der Waals surface area contributed by atoms with Gasteiger partial charge in [-0.3, -0.25) is 4.79 Å². The number of nitrogens with zero attached hydrogens (tertiary/aromatic N) is 1. The molecule has 1 aromatic rings. The molecule has 0 saturated heterocycles. The van der Waals surface area contributed by atoms with Gasteiger partial charge in [-0.15, -0.1) is 0 Å². The van der Waals surface area contributed by atoms with Crippen LogP contribution in [-0.4, -0.2) is 57.7 Å².